The van der Waals surface area contributed by atoms with Gasteiger partial charge in [-0.2, -0.15) is 0 Å². The van der Waals surface area contributed by atoms with Crippen LogP contribution in [0.4, 0.5) is 5.13 Å². The summed E-state index contributed by atoms with van der Waals surface area (Å²) in [5.74, 6) is -0.0685. The second kappa shape index (κ2) is 9.02. The number of thiazole rings is 2. The zero-order valence-electron chi connectivity index (χ0n) is 16.0. The molecule has 9 heteroatoms. The lowest BCUT2D eigenvalue weighted by Gasteiger charge is -2.02. The predicted molar refractivity (Wildman–Crippen MR) is 116 cm³/mol. The number of rotatable bonds is 7. The van der Waals surface area contributed by atoms with Gasteiger partial charge in [-0.1, -0.05) is 30.3 Å². The first-order chi connectivity index (χ1) is 14.6. The molecule has 152 valence electrons. The highest BCUT2D eigenvalue weighted by Crippen LogP contribution is 2.34. The van der Waals surface area contributed by atoms with Crippen molar-refractivity contribution in [3.63, 3.8) is 0 Å². The van der Waals surface area contributed by atoms with Gasteiger partial charge in [-0.3, -0.25) is 14.9 Å². The Balaban J connectivity index is 1.59. The van der Waals surface area contributed by atoms with Gasteiger partial charge in [0.15, 0.2) is 15.9 Å². The van der Waals surface area contributed by atoms with Crippen molar-refractivity contribution in [2.24, 2.45) is 0 Å². The Morgan fingerprint density at radius 2 is 1.97 bits per heavy atom. The van der Waals surface area contributed by atoms with Crippen LogP contribution in [0.3, 0.4) is 0 Å². The molecule has 0 radical (unpaired) electrons. The van der Waals surface area contributed by atoms with Gasteiger partial charge < -0.3 is 9.15 Å². The lowest BCUT2D eigenvalue weighted by molar-refractivity contribution is -0.142. The molecule has 0 aliphatic carbocycles. The van der Waals surface area contributed by atoms with Crippen LogP contribution >= 0.6 is 22.7 Å². The Morgan fingerprint density at radius 3 is 2.70 bits per heavy atom. The average molecular weight is 440 g/mol. The molecule has 7 nitrogen and oxygen atoms in total. The van der Waals surface area contributed by atoms with Crippen LogP contribution in [-0.2, 0) is 16.0 Å². The number of carbonyl (C=O) groups excluding carboxylic acids is 2. The quantitative estimate of drug-likeness (QED) is 0.412. The van der Waals surface area contributed by atoms with E-state index in [1.807, 2.05) is 30.3 Å². The van der Waals surface area contributed by atoms with Gasteiger partial charge in [0.1, 0.15) is 4.88 Å². The smallest absolute Gasteiger partial charge is 0.311 e. The summed E-state index contributed by atoms with van der Waals surface area (Å²) >= 11 is 2.50. The number of hydrogen-bond donors (Lipinski definition) is 1. The Hall–Kier alpha value is -3.30. The number of nitrogens with zero attached hydrogens (tertiary/aromatic N) is 2. The predicted octanol–water partition coefficient (Wildman–Crippen LogP) is 4.88. The SMILES string of the molecule is CCOC(=O)Cc1csc(NC(=O)c2sc(-c3ccco3)nc2-c2ccccc2)n1. The summed E-state index contributed by atoms with van der Waals surface area (Å²) in [4.78, 5) is 34.0. The number of nitrogens with one attached hydrogen (secondary N) is 1. The number of benzene rings is 1. The fraction of sp³-hybridized carbons (Fsp3) is 0.143. The zero-order chi connectivity index (χ0) is 20.9. The van der Waals surface area contributed by atoms with Gasteiger partial charge in [0, 0.05) is 10.9 Å². The van der Waals surface area contributed by atoms with Crippen molar-refractivity contribution >= 4 is 39.7 Å². The largest absolute Gasteiger partial charge is 0.466 e. The van der Waals surface area contributed by atoms with Crippen molar-refractivity contribution in [3.8, 4) is 22.0 Å². The van der Waals surface area contributed by atoms with E-state index in [4.69, 9.17) is 9.15 Å². The maximum absolute atomic E-state index is 13.0. The van der Waals surface area contributed by atoms with Gasteiger partial charge >= 0.3 is 5.97 Å². The summed E-state index contributed by atoms with van der Waals surface area (Å²) in [7, 11) is 0. The molecule has 0 unspecified atom stereocenters. The third-order valence-electron chi connectivity index (χ3n) is 4.02. The molecule has 1 amide bonds. The van der Waals surface area contributed by atoms with Crippen molar-refractivity contribution < 1.29 is 18.7 Å². The van der Waals surface area contributed by atoms with E-state index in [2.05, 4.69) is 15.3 Å². The third-order valence-corrected chi connectivity index (χ3v) is 5.89. The minimum absolute atomic E-state index is 0.0681. The molecule has 0 fully saturated rings. The number of ether oxygens (including phenoxy) is 1. The molecule has 0 saturated heterocycles. The van der Waals surface area contributed by atoms with E-state index in [1.54, 1.807) is 30.7 Å². The molecule has 3 aromatic heterocycles. The van der Waals surface area contributed by atoms with Crippen LogP contribution in [0.15, 0.2) is 58.5 Å². The zero-order valence-corrected chi connectivity index (χ0v) is 17.6. The Labute approximate surface area is 180 Å². The van der Waals surface area contributed by atoms with Crippen LogP contribution in [0.2, 0.25) is 0 Å². The highest BCUT2D eigenvalue weighted by molar-refractivity contribution is 7.17. The van der Waals surface area contributed by atoms with Gasteiger partial charge in [0.25, 0.3) is 5.91 Å². The fourth-order valence-electron chi connectivity index (χ4n) is 2.73. The minimum atomic E-state index is -0.349. The van der Waals surface area contributed by atoms with E-state index >= 15 is 0 Å². The Morgan fingerprint density at radius 1 is 1.13 bits per heavy atom. The number of carbonyl (C=O) groups is 2. The van der Waals surface area contributed by atoms with Crippen LogP contribution in [0.25, 0.3) is 22.0 Å². The van der Waals surface area contributed by atoms with Crippen LogP contribution in [0, 0.1) is 0 Å². The van der Waals surface area contributed by atoms with Gasteiger partial charge in [0.05, 0.1) is 30.7 Å². The van der Waals surface area contributed by atoms with Gasteiger partial charge in [-0.05, 0) is 19.1 Å². The van der Waals surface area contributed by atoms with Crippen molar-refractivity contribution in [2.75, 3.05) is 11.9 Å². The van der Waals surface area contributed by atoms with E-state index in [-0.39, 0.29) is 18.3 Å². The molecule has 1 aromatic carbocycles. The molecule has 0 atom stereocenters. The minimum Gasteiger partial charge on any atom is -0.466 e. The lowest BCUT2D eigenvalue weighted by atomic mass is 10.1. The standard InChI is InChI=1S/C21H17N3O4S2/c1-2-27-16(25)11-14-12-29-21(22-14)24-19(26)18-17(13-7-4-3-5-8-13)23-20(30-18)15-9-6-10-28-15/h3-10,12H,2,11H2,1H3,(H,22,24,26). The maximum Gasteiger partial charge on any atom is 0.311 e. The molecular formula is C21H17N3O4S2. The number of esters is 1. The number of hydrogen-bond acceptors (Lipinski definition) is 8. The maximum atomic E-state index is 13.0. The van der Waals surface area contributed by atoms with Gasteiger partial charge in [-0.15, -0.1) is 22.7 Å². The average Bonchev–Trinajstić information content (AvgIpc) is 3.49. The van der Waals surface area contributed by atoms with E-state index in [1.165, 1.54) is 22.7 Å². The van der Waals surface area contributed by atoms with Crippen LogP contribution in [-0.4, -0.2) is 28.5 Å². The van der Waals surface area contributed by atoms with E-state index in [0.717, 1.165) is 5.56 Å². The molecule has 4 rings (SSSR count). The van der Waals surface area contributed by atoms with Gasteiger partial charge in [0.2, 0.25) is 0 Å². The number of aromatic nitrogens is 2. The number of anilines is 1. The third kappa shape index (κ3) is 4.47. The summed E-state index contributed by atoms with van der Waals surface area (Å²) < 4.78 is 10.4. The Kier molecular flexibility index (Phi) is 6.01. The van der Waals surface area contributed by atoms with Crippen molar-refractivity contribution in [1.29, 1.82) is 0 Å². The second-order valence-corrected chi connectivity index (χ2v) is 7.98. The van der Waals surface area contributed by atoms with E-state index in [9.17, 15) is 9.59 Å². The molecule has 0 spiro atoms. The molecule has 0 aliphatic heterocycles. The molecule has 0 saturated carbocycles. The van der Waals surface area contributed by atoms with Gasteiger partial charge in [-0.25, -0.2) is 9.97 Å². The summed E-state index contributed by atoms with van der Waals surface area (Å²) in [5.41, 5.74) is 1.96. The van der Waals surface area contributed by atoms with Crippen LogP contribution < -0.4 is 5.32 Å². The first-order valence-electron chi connectivity index (χ1n) is 9.15. The fourth-order valence-corrected chi connectivity index (χ4v) is 4.39. The summed E-state index contributed by atoms with van der Waals surface area (Å²) in [5, 5.41) is 5.56. The summed E-state index contributed by atoms with van der Waals surface area (Å²) in [6.45, 7) is 2.07. The van der Waals surface area contributed by atoms with Crippen molar-refractivity contribution in [2.45, 2.75) is 13.3 Å². The molecule has 0 bridgehead atoms. The van der Waals surface area contributed by atoms with Crippen LogP contribution in [0.1, 0.15) is 22.3 Å². The first kappa shape index (κ1) is 20.0. The van der Waals surface area contributed by atoms with Crippen LogP contribution in [0.5, 0.6) is 0 Å². The molecule has 3 heterocycles. The second-order valence-electron chi connectivity index (χ2n) is 6.12. The topological polar surface area (TPSA) is 94.3 Å². The normalized spacial score (nSPS) is 10.7. The van der Waals surface area contributed by atoms with Crippen molar-refractivity contribution in [3.05, 3.63) is 64.7 Å². The molecule has 1 N–H and O–H groups in total. The first-order valence-corrected chi connectivity index (χ1v) is 10.8. The number of furan rings is 1. The molecule has 4 aromatic rings. The van der Waals surface area contributed by atoms with E-state index < -0.39 is 0 Å². The Bertz CT molecular complexity index is 1150. The monoisotopic (exact) mass is 439 g/mol. The van der Waals surface area contributed by atoms with Crippen molar-refractivity contribution in [1.82, 2.24) is 9.97 Å². The molecule has 0 aliphatic rings. The lowest BCUT2D eigenvalue weighted by Crippen LogP contribution is -2.12. The summed E-state index contributed by atoms with van der Waals surface area (Å²) in [6.07, 6.45) is 1.64. The van der Waals surface area contributed by atoms with E-state index in [0.29, 0.717) is 38.8 Å². The molecule has 30 heavy (non-hydrogen) atoms. The molecular weight excluding hydrogens is 422 g/mol. The number of amides is 1. The highest BCUT2D eigenvalue weighted by atomic mass is 32.1. The summed E-state index contributed by atoms with van der Waals surface area (Å²) in [6, 6.07) is 13.1. The highest BCUT2D eigenvalue weighted by Gasteiger charge is 2.22.